The van der Waals surface area contributed by atoms with E-state index in [1.807, 2.05) is 6.07 Å². The molecule has 0 unspecified atom stereocenters. The monoisotopic (exact) mass is 282 g/mol. The maximum absolute atomic E-state index is 11.4. The Morgan fingerprint density at radius 2 is 2.39 bits per heavy atom. The van der Waals surface area contributed by atoms with Crippen LogP contribution in [0.25, 0.3) is 0 Å². The van der Waals surface area contributed by atoms with Crippen LogP contribution < -0.4 is 11.1 Å². The maximum Gasteiger partial charge on any atom is 0.350 e. The van der Waals surface area contributed by atoms with E-state index in [0.29, 0.717) is 10.6 Å². The van der Waals surface area contributed by atoms with Crippen LogP contribution in [0.2, 0.25) is 0 Å². The predicted molar refractivity (Wildman–Crippen MR) is 76.6 cm³/mol. The summed E-state index contributed by atoms with van der Waals surface area (Å²) in [5.74, 6) is -0.385. The summed E-state index contributed by atoms with van der Waals surface area (Å²) in [6.07, 6.45) is 0.961. The Labute approximate surface area is 113 Å². The van der Waals surface area contributed by atoms with E-state index < -0.39 is 0 Å². The van der Waals surface area contributed by atoms with Crippen molar-refractivity contribution in [3.63, 3.8) is 0 Å². The third-order valence-corrected chi connectivity index (χ3v) is 4.41. The van der Waals surface area contributed by atoms with Gasteiger partial charge in [0.15, 0.2) is 0 Å². The molecule has 2 aromatic heterocycles. The number of thiophene rings is 2. The molecule has 0 bridgehead atoms. The molecule has 0 aromatic carbocycles. The molecular weight excluding hydrogens is 268 g/mol. The second kappa shape index (κ2) is 5.88. The molecule has 0 amide bonds. The van der Waals surface area contributed by atoms with Crippen LogP contribution >= 0.6 is 22.7 Å². The van der Waals surface area contributed by atoms with Crippen molar-refractivity contribution in [3.05, 3.63) is 33.3 Å². The van der Waals surface area contributed by atoms with Crippen molar-refractivity contribution in [2.75, 3.05) is 24.7 Å². The minimum Gasteiger partial charge on any atom is -0.465 e. The molecule has 0 aliphatic rings. The molecule has 0 spiro atoms. The molecule has 2 heterocycles. The number of ether oxygens (including phenoxy) is 1. The zero-order valence-electron chi connectivity index (χ0n) is 9.93. The van der Waals surface area contributed by atoms with Crippen molar-refractivity contribution >= 4 is 39.3 Å². The Hall–Kier alpha value is -1.53. The summed E-state index contributed by atoms with van der Waals surface area (Å²) in [6.45, 7) is 0.821. The van der Waals surface area contributed by atoms with Crippen molar-refractivity contribution in [2.24, 2.45) is 0 Å². The van der Waals surface area contributed by atoms with Crippen molar-refractivity contribution in [1.29, 1.82) is 0 Å². The number of carbonyl (C=O) groups excluding carboxylic acids is 1. The SMILES string of the molecule is COC(=O)c1sc(NCCc2cccs2)cc1N. The number of nitrogens with two attached hydrogens (primary N) is 1. The van der Waals surface area contributed by atoms with Crippen LogP contribution in [0, 0.1) is 0 Å². The van der Waals surface area contributed by atoms with Crippen molar-refractivity contribution in [1.82, 2.24) is 0 Å². The minimum absolute atomic E-state index is 0.385. The molecule has 2 rings (SSSR count). The van der Waals surface area contributed by atoms with Gasteiger partial charge < -0.3 is 15.8 Å². The molecule has 0 atom stereocenters. The lowest BCUT2D eigenvalue weighted by molar-refractivity contribution is 0.0607. The van der Waals surface area contributed by atoms with E-state index in [9.17, 15) is 4.79 Å². The Kier molecular flexibility index (Phi) is 4.22. The number of rotatable bonds is 5. The molecule has 0 saturated carbocycles. The van der Waals surface area contributed by atoms with Gasteiger partial charge in [-0.25, -0.2) is 4.79 Å². The largest absolute Gasteiger partial charge is 0.465 e. The summed E-state index contributed by atoms with van der Waals surface area (Å²) >= 11 is 3.06. The smallest absolute Gasteiger partial charge is 0.350 e. The topological polar surface area (TPSA) is 64.3 Å². The van der Waals surface area contributed by atoms with Gasteiger partial charge >= 0.3 is 5.97 Å². The van der Waals surface area contributed by atoms with Gasteiger partial charge in [0, 0.05) is 11.4 Å². The first-order valence-electron chi connectivity index (χ1n) is 5.44. The number of carbonyl (C=O) groups is 1. The number of hydrogen-bond donors (Lipinski definition) is 2. The van der Waals surface area contributed by atoms with Gasteiger partial charge in [0.1, 0.15) is 4.88 Å². The fourth-order valence-electron chi connectivity index (χ4n) is 1.51. The van der Waals surface area contributed by atoms with E-state index in [2.05, 4.69) is 21.5 Å². The number of anilines is 2. The molecule has 0 aliphatic heterocycles. The van der Waals surface area contributed by atoms with Crippen LogP contribution in [0.1, 0.15) is 14.5 Å². The average Bonchev–Trinajstić information content (AvgIpc) is 2.98. The van der Waals surface area contributed by atoms with Crippen LogP contribution in [0.3, 0.4) is 0 Å². The van der Waals surface area contributed by atoms with Gasteiger partial charge in [0.25, 0.3) is 0 Å². The van der Waals surface area contributed by atoms with Gasteiger partial charge in [-0.3, -0.25) is 0 Å². The molecule has 96 valence electrons. The second-order valence-corrected chi connectivity index (χ2v) is 5.73. The zero-order valence-corrected chi connectivity index (χ0v) is 11.6. The van der Waals surface area contributed by atoms with E-state index >= 15 is 0 Å². The third-order valence-electron chi connectivity index (χ3n) is 2.38. The maximum atomic E-state index is 11.4. The van der Waals surface area contributed by atoms with E-state index in [0.717, 1.165) is 18.0 Å². The highest BCUT2D eigenvalue weighted by atomic mass is 32.1. The van der Waals surface area contributed by atoms with Gasteiger partial charge in [-0.05, 0) is 23.9 Å². The Balaban J connectivity index is 1.92. The van der Waals surface area contributed by atoms with Crippen LogP contribution in [0.5, 0.6) is 0 Å². The standard InChI is InChI=1S/C12H14N2O2S2/c1-16-12(15)11-9(13)7-10(18-11)14-5-4-8-3-2-6-17-8/h2-3,6-7,14H,4-5,13H2,1H3. The fourth-order valence-corrected chi connectivity index (χ4v) is 3.14. The van der Waals surface area contributed by atoms with Gasteiger partial charge in [0.05, 0.1) is 17.8 Å². The Bertz CT molecular complexity index is 520. The predicted octanol–water partition coefficient (Wildman–Crippen LogP) is 2.83. The first kappa shape index (κ1) is 12.9. The molecule has 0 saturated heterocycles. The average molecular weight is 282 g/mol. The van der Waals surface area contributed by atoms with Gasteiger partial charge in [-0.1, -0.05) is 6.07 Å². The summed E-state index contributed by atoms with van der Waals surface area (Å²) in [5.41, 5.74) is 6.22. The molecule has 18 heavy (non-hydrogen) atoms. The quantitative estimate of drug-likeness (QED) is 0.828. The Morgan fingerprint density at radius 3 is 3.06 bits per heavy atom. The van der Waals surface area contributed by atoms with E-state index in [-0.39, 0.29) is 5.97 Å². The number of hydrogen-bond acceptors (Lipinski definition) is 6. The van der Waals surface area contributed by atoms with Crippen molar-refractivity contribution in [3.8, 4) is 0 Å². The van der Waals surface area contributed by atoms with Crippen molar-refractivity contribution in [2.45, 2.75) is 6.42 Å². The summed E-state index contributed by atoms with van der Waals surface area (Å²) in [6, 6.07) is 5.92. The van der Waals surface area contributed by atoms with Crippen LogP contribution in [0.15, 0.2) is 23.6 Å². The molecule has 0 aliphatic carbocycles. The van der Waals surface area contributed by atoms with Crippen molar-refractivity contribution < 1.29 is 9.53 Å². The lowest BCUT2D eigenvalue weighted by Gasteiger charge is -2.01. The van der Waals surface area contributed by atoms with E-state index in [1.165, 1.54) is 23.3 Å². The first-order valence-corrected chi connectivity index (χ1v) is 7.14. The molecule has 6 heteroatoms. The lowest BCUT2D eigenvalue weighted by atomic mass is 10.3. The van der Waals surface area contributed by atoms with Crippen LogP contribution in [-0.2, 0) is 11.2 Å². The zero-order chi connectivity index (χ0) is 13.0. The highest BCUT2D eigenvalue weighted by Gasteiger charge is 2.14. The first-order chi connectivity index (χ1) is 8.70. The second-order valence-electron chi connectivity index (χ2n) is 3.64. The molecule has 3 N–H and O–H groups in total. The fraction of sp³-hybridized carbons (Fsp3) is 0.250. The highest BCUT2D eigenvalue weighted by Crippen LogP contribution is 2.29. The molecule has 4 nitrogen and oxygen atoms in total. The van der Waals surface area contributed by atoms with Gasteiger partial charge in [-0.2, -0.15) is 0 Å². The lowest BCUT2D eigenvalue weighted by Crippen LogP contribution is -2.02. The molecule has 0 fully saturated rings. The Morgan fingerprint density at radius 1 is 1.56 bits per heavy atom. The van der Waals surface area contributed by atoms with E-state index in [4.69, 9.17) is 5.73 Å². The normalized spacial score (nSPS) is 10.3. The summed E-state index contributed by atoms with van der Waals surface area (Å²) < 4.78 is 4.66. The summed E-state index contributed by atoms with van der Waals surface area (Å²) in [7, 11) is 1.35. The van der Waals surface area contributed by atoms with Crippen LogP contribution in [-0.4, -0.2) is 19.6 Å². The number of esters is 1. The van der Waals surface area contributed by atoms with Gasteiger partial charge in [-0.15, -0.1) is 22.7 Å². The highest BCUT2D eigenvalue weighted by molar-refractivity contribution is 7.18. The molecular formula is C12H14N2O2S2. The minimum atomic E-state index is -0.385. The summed E-state index contributed by atoms with van der Waals surface area (Å²) in [5, 5.41) is 6.22. The molecule has 0 radical (unpaired) electrons. The third kappa shape index (κ3) is 3.02. The van der Waals surface area contributed by atoms with Gasteiger partial charge in [0.2, 0.25) is 0 Å². The number of methoxy groups -OCH3 is 1. The summed E-state index contributed by atoms with van der Waals surface area (Å²) in [4.78, 5) is 13.2. The van der Waals surface area contributed by atoms with E-state index in [1.54, 1.807) is 17.4 Å². The number of nitrogens with one attached hydrogen (secondary N) is 1. The molecule has 2 aromatic rings. The van der Waals surface area contributed by atoms with Crippen LogP contribution in [0.4, 0.5) is 10.7 Å². The number of nitrogen functional groups attached to an aromatic ring is 1.